The highest BCUT2D eigenvalue weighted by molar-refractivity contribution is 6.34. The molecular weight excluding hydrogens is 393 g/mol. The van der Waals surface area contributed by atoms with Crippen molar-refractivity contribution in [3.63, 3.8) is 0 Å². The van der Waals surface area contributed by atoms with E-state index in [9.17, 15) is 14.9 Å². The molecule has 0 fully saturated rings. The number of hydrogen-bond acceptors (Lipinski definition) is 5. The fourth-order valence-corrected chi connectivity index (χ4v) is 2.28. The second-order valence-corrected chi connectivity index (χ2v) is 5.50. The van der Waals surface area contributed by atoms with E-state index in [1.165, 1.54) is 18.2 Å². The van der Waals surface area contributed by atoms with Crippen molar-refractivity contribution in [2.45, 2.75) is 0 Å². The number of nitrogens with two attached hydrogens (primary N) is 1. The number of benzene rings is 2. The van der Waals surface area contributed by atoms with Gasteiger partial charge < -0.3 is 15.8 Å². The van der Waals surface area contributed by atoms with Crippen LogP contribution in [0.2, 0.25) is 10.0 Å². The number of nitrogens with zero attached hydrogens (tertiary/aromatic N) is 1. The largest absolute Gasteiger partial charge is 0.491 e. The van der Waals surface area contributed by atoms with Gasteiger partial charge in [0.25, 0.3) is 11.6 Å². The number of carbonyl (C=O) groups is 1. The molecule has 0 bridgehead atoms. The van der Waals surface area contributed by atoms with Gasteiger partial charge in [0.15, 0.2) is 0 Å². The summed E-state index contributed by atoms with van der Waals surface area (Å²) in [5, 5.41) is 13.7. The Morgan fingerprint density at radius 2 is 1.96 bits per heavy atom. The third-order valence-corrected chi connectivity index (χ3v) is 3.52. The van der Waals surface area contributed by atoms with Gasteiger partial charge in [-0.2, -0.15) is 0 Å². The average Bonchev–Trinajstić information content (AvgIpc) is 2.55. The van der Waals surface area contributed by atoms with Gasteiger partial charge in [0.1, 0.15) is 12.4 Å². The van der Waals surface area contributed by atoms with Gasteiger partial charge in [0.2, 0.25) is 0 Å². The van der Waals surface area contributed by atoms with E-state index in [-0.39, 0.29) is 47.5 Å². The Hall–Kier alpha value is -2.06. The Kier molecular flexibility index (Phi) is 7.92. The van der Waals surface area contributed by atoms with E-state index in [0.717, 1.165) is 6.07 Å². The van der Waals surface area contributed by atoms with Crippen LogP contribution in [0, 0.1) is 10.1 Å². The summed E-state index contributed by atoms with van der Waals surface area (Å²) in [6, 6.07) is 8.34. The van der Waals surface area contributed by atoms with Crippen molar-refractivity contribution in [2.75, 3.05) is 18.5 Å². The fraction of sp³-hybridized carbons (Fsp3) is 0.133. The smallest absolute Gasteiger partial charge is 0.271 e. The highest BCUT2D eigenvalue weighted by Crippen LogP contribution is 2.29. The Labute approximate surface area is 159 Å². The number of anilines is 1. The number of nitro benzene ring substituents is 1. The molecule has 0 saturated carbocycles. The number of halogens is 3. The zero-order chi connectivity index (χ0) is 17.7. The zero-order valence-corrected chi connectivity index (χ0v) is 15.0. The van der Waals surface area contributed by atoms with E-state index in [4.69, 9.17) is 33.7 Å². The van der Waals surface area contributed by atoms with E-state index in [0.29, 0.717) is 10.8 Å². The van der Waals surface area contributed by atoms with Crippen molar-refractivity contribution < 1.29 is 14.5 Å². The third kappa shape index (κ3) is 5.47. The summed E-state index contributed by atoms with van der Waals surface area (Å²) in [7, 11) is 0. The lowest BCUT2D eigenvalue weighted by molar-refractivity contribution is -0.384. The minimum atomic E-state index is -0.576. The molecule has 134 valence electrons. The van der Waals surface area contributed by atoms with Gasteiger partial charge in [-0.15, -0.1) is 12.4 Å². The Morgan fingerprint density at radius 3 is 2.56 bits per heavy atom. The molecule has 25 heavy (non-hydrogen) atoms. The van der Waals surface area contributed by atoms with Crippen LogP contribution in [0.1, 0.15) is 10.4 Å². The van der Waals surface area contributed by atoms with Gasteiger partial charge in [-0.1, -0.05) is 23.2 Å². The lowest BCUT2D eigenvalue weighted by Gasteiger charge is -2.12. The van der Waals surface area contributed by atoms with Crippen molar-refractivity contribution in [2.24, 2.45) is 5.73 Å². The van der Waals surface area contributed by atoms with Crippen LogP contribution in [-0.2, 0) is 0 Å². The molecule has 0 aromatic heterocycles. The van der Waals surface area contributed by atoms with Crippen LogP contribution in [-0.4, -0.2) is 24.0 Å². The van der Waals surface area contributed by atoms with Gasteiger partial charge in [-0.25, -0.2) is 0 Å². The summed E-state index contributed by atoms with van der Waals surface area (Å²) in [5.74, 6) is -0.194. The number of hydrogen-bond donors (Lipinski definition) is 2. The van der Waals surface area contributed by atoms with Crippen LogP contribution in [0.4, 0.5) is 11.4 Å². The number of amides is 1. The normalized spacial score (nSPS) is 9.88. The average molecular weight is 407 g/mol. The monoisotopic (exact) mass is 405 g/mol. The van der Waals surface area contributed by atoms with Crippen LogP contribution in [0.3, 0.4) is 0 Å². The molecule has 0 aliphatic rings. The number of rotatable bonds is 6. The number of nitro groups is 1. The molecule has 0 spiro atoms. The summed E-state index contributed by atoms with van der Waals surface area (Å²) in [4.78, 5) is 22.6. The molecule has 2 rings (SSSR count). The fourth-order valence-electron chi connectivity index (χ4n) is 1.88. The first-order chi connectivity index (χ1) is 11.4. The minimum absolute atomic E-state index is 0. The first kappa shape index (κ1) is 21.0. The lowest BCUT2D eigenvalue weighted by Crippen LogP contribution is -2.16. The molecule has 0 atom stereocenters. The Balaban J connectivity index is 0.00000312. The molecule has 0 unspecified atom stereocenters. The first-order valence-electron chi connectivity index (χ1n) is 6.80. The van der Waals surface area contributed by atoms with Gasteiger partial charge in [0, 0.05) is 23.7 Å². The van der Waals surface area contributed by atoms with Crippen LogP contribution in [0.25, 0.3) is 0 Å². The molecule has 10 heteroatoms. The molecule has 0 aliphatic carbocycles. The van der Waals surface area contributed by atoms with E-state index in [1.54, 1.807) is 12.1 Å². The molecule has 3 N–H and O–H groups in total. The topological polar surface area (TPSA) is 107 Å². The number of carbonyl (C=O) groups excluding carboxylic acids is 1. The maximum atomic E-state index is 12.4. The number of ether oxygens (including phenoxy) is 1. The summed E-state index contributed by atoms with van der Waals surface area (Å²) in [6.45, 7) is 0.526. The van der Waals surface area contributed by atoms with Gasteiger partial charge in [-0.05, 0) is 24.3 Å². The van der Waals surface area contributed by atoms with Crippen LogP contribution < -0.4 is 15.8 Å². The molecule has 0 heterocycles. The van der Waals surface area contributed by atoms with E-state index in [1.807, 2.05) is 0 Å². The SMILES string of the molecule is Cl.NCCOc1ccc(Cl)cc1C(=O)Nc1ccc([N+](=O)[O-])cc1Cl. The van der Waals surface area contributed by atoms with E-state index < -0.39 is 10.8 Å². The zero-order valence-electron chi connectivity index (χ0n) is 12.7. The van der Waals surface area contributed by atoms with Crippen molar-refractivity contribution in [3.05, 3.63) is 62.1 Å². The molecule has 1 amide bonds. The van der Waals surface area contributed by atoms with Gasteiger partial charge in [-0.3, -0.25) is 14.9 Å². The second-order valence-electron chi connectivity index (χ2n) is 4.65. The molecule has 2 aromatic carbocycles. The quantitative estimate of drug-likeness (QED) is 0.558. The minimum Gasteiger partial charge on any atom is -0.491 e. The van der Waals surface area contributed by atoms with Crippen molar-refractivity contribution in [1.82, 2.24) is 0 Å². The van der Waals surface area contributed by atoms with Crippen LogP contribution in [0.5, 0.6) is 5.75 Å². The molecule has 0 aliphatic heterocycles. The third-order valence-electron chi connectivity index (χ3n) is 2.97. The Morgan fingerprint density at radius 1 is 1.24 bits per heavy atom. The number of nitrogens with one attached hydrogen (secondary N) is 1. The maximum absolute atomic E-state index is 12.4. The van der Waals surface area contributed by atoms with Crippen molar-refractivity contribution in [1.29, 1.82) is 0 Å². The highest BCUT2D eigenvalue weighted by Gasteiger charge is 2.16. The number of non-ortho nitro benzene ring substituents is 1. The lowest BCUT2D eigenvalue weighted by atomic mass is 10.1. The second kappa shape index (κ2) is 9.43. The molecule has 0 radical (unpaired) electrons. The summed E-state index contributed by atoms with van der Waals surface area (Å²) in [6.07, 6.45) is 0. The van der Waals surface area contributed by atoms with E-state index >= 15 is 0 Å². The maximum Gasteiger partial charge on any atom is 0.271 e. The van der Waals surface area contributed by atoms with Gasteiger partial charge in [0.05, 0.1) is 21.2 Å². The van der Waals surface area contributed by atoms with Crippen LogP contribution in [0.15, 0.2) is 36.4 Å². The van der Waals surface area contributed by atoms with Crippen LogP contribution >= 0.6 is 35.6 Å². The molecule has 0 saturated heterocycles. The standard InChI is InChI=1S/C15H13Cl2N3O4.ClH/c16-9-1-4-14(24-6-5-18)11(7-9)15(21)19-13-3-2-10(20(22)23)8-12(13)17;/h1-4,7-8H,5-6,18H2,(H,19,21);1H. The van der Waals surface area contributed by atoms with Gasteiger partial charge >= 0.3 is 0 Å². The first-order valence-corrected chi connectivity index (χ1v) is 7.55. The predicted molar refractivity (Wildman–Crippen MR) is 99.3 cm³/mol. The Bertz CT molecular complexity index is 787. The molecule has 7 nitrogen and oxygen atoms in total. The molecule has 2 aromatic rings. The van der Waals surface area contributed by atoms with E-state index in [2.05, 4.69) is 5.32 Å². The van der Waals surface area contributed by atoms with Crippen molar-refractivity contribution in [3.8, 4) is 5.75 Å². The summed E-state index contributed by atoms with van der Waals surface area (Å²) in [5.41, 5.74) is 5.65. The summed E-state index contributed by atoms with van der Waals surface area (Å²) >= 11 is 11.9. The summed E-state index contributed by atoms with van der Waals surface area (Å²) < 4.78 is 5.41. The highest BCUT2D eigenvalue weighted by atomic mass is 35.5. The predicted octanol–water partition coefficient (Wildman–Crippen LogP) is 3.91. The van der Waals surface area contributed by atoms with Crippen molar-refractivity contribution >= 4 is 52.9 Å². The molecular formula is C15H14Cl3N3O4.